The van der Waals surface area contributed by atoms with Crippen LogP contribution in [0.4, 0.5) is 0 Å². The number of fused-ring (bicyclic) bond motifs is 1. The standard InChI is InChI=1S/C12H18O5/c1-3-7-4-5-9-12(15,11(7)14)8(13)6-10(16-2)17-9/h5,7,10-11,14-15H,3-4,6H2,1-2H3. The van der Waals surface area contributed by atoms with Crippen molar-refractivity contribution in [2.24, 2.45) is 5.92 Å². The average molecular weight is 242 g/mol. The van der Waals surface area contributed by atoms with Crippen molar-refractivity contribution in [3.05, 3.63) is 11.8 Å². The minimum Gasteiger partial charge on any atom is -0.465 e. The second-order valence-corrected chi connectivity index (χ2v) is 4.59. The van der Waals surface area contributed by atoms with Crippen LogP contribution in [0.1, 0.15) is 26.2 Å². The summed E-state index contributed by atoms with van der Waals surface area (Å²) in [5.41, 5.74) is -1.88. The number of carbonyl (C=O) groups is 1. The monoisotopic (exact) mass is 242 g/mol. The maximum atomic E-state index is 12.0. The zero-order valence-corrected chi connectivity index (χ0v) is 10.0. The molecule has 0 aromatic rings. The highest BCUT2D eigenvalue weighted by Crippen LogP contribution is 2.40. The minimum absolute atomic E-state index is 0.0438. The van der Waals surface area contributed by atoms with Gasteiger partial charge in [0.05, 0.1) is 6.42 Å². The van der Waals surface area contributed by atoms with Crippen LogP contribution in [-0.4, -0.2) is 41.1 Å². The van der Waals surface area contributed by atoms with Crippen molar-refractivity contribution in [2.45, 2.75) is 44.2 Å². The van der Waals surface area contributed by atoms with E-state index in [9.17, 15) is 15.0 Å². The predicted octanol–water partition coefficient (Wildman–Crippen LogP) is 0.354. The van der Waals surface area contributed by atoms with Gasteiger partial charge in [-0.1, -0.05) is 13.3 Å². The molecule has 2 rings (SSSR count). The summed E-state index contributed by atoms with van der Waals surface area (Å²) in [4.78, 5) is 12.0. The van der Waals surface area contributed by atoms with Gasteiger partial charge in [-0.15, -0.1) is 0 Å². The van der Waals surface area contributed by atoms with E-state index in [0.717, 1.165) is 0 Å². The second kappa shape index (κ2) is 4.40. The summed E-state index contributed by atoms with van der Waals surface area (Å²) in [5, 5.41) is 20.5. The Labute approximate surface area is 100 Å². The fraction of sp³-hybridized carbons (Fsp3) is 0.750. The molecular formula is C12H18O5. The number of aliphatic hydroxyl groups is 2. The average Bonchev–Trinajstić information content (AvgIpc) is 2.33. The number of Topliss-reactive ketones (excluding diaryl/α,β-unsaturated/α-hetero) is 1. The Kier molecular flexibility index (Phi) is 3.25. The molecule has 1 aliphatic heterocycles. The van der Waals surface area contributed by atoms with Crippen LogP contribution < -0.4 is 0 Å². The van der Waals surface area contributed by atoms with E-state index < -0.39 is 23.8 Å². The summed E-state index contributed by atoms with van der Waals surface area (Å²) in [7, 11) is 1.44. The fourth-order valence-corrected chi connectivity index (χ4v) is 2.48. The zero-order chi connectivity index (χ0) is 12.6. The van der Waals surface area contributed by atoms with Gasteiger partial charge >= 0.3 is 0 Å². The molecule has 1 heterocycles. The van der Waals surface area contributed by atoms with E-state index in [0.29, 0.717) is 12.8 Å². The van der Waals surface area contributed by atoms with Gasteiger partial charge in [0.1, 0.15) is 11.9 Å². The molecule has 0 aromatic carbocycles. The topological polar surface area (TPSA) is 76.0 Å². The third-order valence-corrected chi connectivity index (χ3v) is 3.68. The molecule has 0 radical (unpaired) electrons. The smallest absolute Gasteiger partial charge is 0.206 e. The number of aliphatic hydroxyl groups excluding tert-OH is 1. The van der Waals surface area contributed by atoms with Gasteiger partial charge in [-0.05, 0) is 18.4 Å². The number of ether oxygens (including phenoxy) is 2. The maximum Gasteiger partial charge on any atom is 0.206 e. The summed E-state index contributed by atoms with van der Waals surface area (Å²) in [6.45, 7) is 1.92. The molecule has 17 heavy (non-hydrogen) atoms. The number of hydrogen-bond donors (Lipinski definition) is 2. The van der Waals surface area contributed by atoms with Crippen molar-refractivity contribution in [3.63, 3.8) is 0 Å². The highest BCUT2D eigenvalue weighted by molar-refractivity contribution is 5.92. The first kappa shape index (κ1) is 12.5. The van der Waals surface area contributed by atoms with Crippen molar-refractivity contribution in [2.75, 3.05) is 7.11 Å². The van der Waals surface area contributed by atoms with E-state index in [-0.39, 0.29) is 18.1 Å². The van der Waals surface area contributed by atoms with E-state index >= 15 is 0 Å². The van der Waals surface area contributed by atoms with Crippen molar-refractivity contribution >= 4 is 5.78 Å². The highest BCUT2D eigenvalue weighted by atomic mass is 16.7. The number of carbonyl (C=O) groups excluding carboxylic acids is 1. The molecule has 0 aromatic heterocycles. The van der Waals surface area contributed by atoms with Crippen LogP contribution in [-0.2, 0) is 14.3 Å². The van der Waals surface area contributed by atoms with E-state index in [1.54, 1.807) is 6.08 Å². The lowest BCUT2D eigenvalue weighted by molar-refractivity contribution is -0.200. The van der Waals surface area contributed by atoms with Crippen LogP contribution >= 0.6 is 0 Å². The van der Waals surface area contributed by atoms with Gasteiger partial charge in [0.2, 0.25) is 11.9 Å². The highest BCUT2D eigenvalue weighted by Gasteiger charge is 2.55. The molecule has 4 unspecified atom stereocenters. The molecule has 1 aliphatic carbocycles. The maximum absolute atomic E-state index is 12.0. The van der Waals surface area contributed by atoms with Crippen LogP contribution in [0.5, 0.6) is 0 Å². The van der Waals surface area contributed by atoms with Crippen LogP contribution in [0.15, 0.2) is 11.8 Å². The molecule has 1 fully saturated rings. The van der Waals surface area contributed by atoms with Crippen molar-refractivity contribution in [1.82, 2.24) is 0 Å². The lowest BCUT2D eigenvalue weighted by atomic mass is 9.73. The lowest BCUT2D eigenvalue weighted by Crippen LogP contribution is -2.60. The number of rotatable bonds is 2. The van der Waals surface area contributed by atoms with Crippen molar-refractivity contribution in [3.8, 4) is 0 Å². The normalized spacial score (nSPS) is 41.5. The quantitative estimate of drug-likeness (QED) is 0.731. The van der Waals surface area contributed by atoms with Gasteiger partial charge in [-0.3, -0.25) is 4.79 Å². The Morgan fingerprint density at radius 3 is 2.94 bits per heavy atom. The summed E-state index contributed by atoms with van der Waals surface area (Å²) >= 11 is 0. The lowest BCUT2D eigenvalue weighted by Gasteiger charge is -2.44. The third-order valence-electron chi connectivity index (χ3n) is 3.68. The van der Waals surface area contributed by atoms with Crippen molar-refractivity contribution in [1.29, 1.82) is 0 Å². The van der Waals surface area contributed by atoms with Gasteiger partial charge in [-0.2, -0.15) is 0 Å². The van der Waals surface area contributed by atoms with Gasteiger partial charge in [0, 0.05) is 7.11 Å². The molecule has 2 aliphatic rings. The molecule has 96 valence electrons. The van der Waals surface area contributed by atoms with Gasteiger partial charge < -0.3 is 19.7 Å². The number of ketones is 1. The molecule has 2 N–H and O–H groups in total. The molecule has 4 atom stereocenters. The molecule has 0 spiro atoms. The molecular weight excluding hydrogens is 224 g/mol. The first-order valence-electron chi connectivity index (χ1n) is 5.87. The van der Waals surface area contributed by atoms with Gasteiger partial charge in [-0.25, -0.2) is 0 Å². The SMILES string of the molecule is CCC1CC=C2OC(OC)CC(=O)C2(O)C1O. The Bertz CT molecular complexity index is 351. The summed E-state index contributed by atoms with van der Waals surface area (Å²) < 4.78 is 10.4. The van der Waals surface area contributed by atoms with E-state index in [4.69, 9.17) is 9.47 Å². The summed E-state index contributed by atoms with van der Waals surface area (Å²) in [6, 6.07) is 0. The predicted molar refractivity (Wildman–Crippen MR) is 58.9 cm³/mol. The molecule has 5 nitrogen and oxygen atoms in total. The Hall–Kier alpha value is -0.910. The minimum atomic E-state index is -1.88. The molecule has 0 bridgehead atoms. The van der Waals surface area contributed by atoms with Crippen LogP contribution in [0, 0.1) is 5.92 Å². The largest absolute Gasteiger partial charge is 0.465 e. The molecule has 0 amide bonds. The zero-order valence-electron chi connectivity index (χ0n) is 10.0. The molecule has 5 heteroatoms. The van der Waals surface area contributed by atoms with Crippen LogP contribution in [0.3, 0.4) is 0 Å². The Balaban J connectivity index is 2.33. The Morgan fingerprint density at radius 1 is 1.65 bits per heavy atom. The van der Waals surface area contributed by atoms with Crippen LogP contribution in [0.25, 0.3) is 0 Å². The van der Waals surface area contributed by atoms with Gasteiger partial charge in [0.25, 0.3) is 0 Å². The first-order chi connectivity index (χ1) is 8.03. The summed E-state index contributed by atoms with van der Waals surface area (Å²) in [6.07, 6.45) is 1.17. The summed E-state index contributed by atoms with van der Waals surface area (Å²) in [5.74, 6) is -0.416. The number of methoxy groups -OCH3 is 1. The van der Waals surface area contributed by atoms with Crippen LogP contribution in [0.2, 0.25) is 0 Å². The Morgan fingerprint density at radius 2 is 2.35 bits per heavy atom. The van der Waals surface area contributed by atoms with Gasteiger partial charge in [0.15, 0.2) is 5.78 Å². The molecule has 0 saturated carbocycles. The molecule has 1 saturated heterocycles. The fourth-order valence-electron chi connectivity index (χ4n) is 2.48. The number of allylic oxidation sites excluding steroid dienone is 1. The third kappa shape index (κ3) is 1.78. The van der Waals surface area contributed by atoms with E-state index in [2.05, 4.69) is 0 Å². The number of hydrogen-bond acceptors (Lipinski definition) is 5. The second-order valence-electron chi connectivity index (χ2n) is 4.59. The first-order valence-corrected chi connectivity index (χ1v) is 5.87. The van der Waals surface area contributed by atoms with Crippen molar-refractivity contribution < 1.29 is 24.5 Å². The van der Waals surface area contributed by atoms with E-state index in [1.165, 1.54) is 7.11 Å². The van der Waals surface area contributed by atoms with E-state index in [1.807, 2.05) is 6.92 Å².